The Kier molecular flexibility index (Phi) is 3.39. The zero-order valence-corrected chi connectivity index (χ0v) is 9.51. The summed E-state index contributed by atoms with van der Waals surface area (Å²) in [4.78, 5) is 24.6. The number of methoxy groups -OCH3 is 1. The first-order valence-electron chi connectivity index (χ1n) is 5.25. The number of rotatable bonds is 4. The molecule has 1 aromatic carbocycles. The van der Waals surface area contributed by atoms with Crippen molar-refractivity contribution in [1.29, 1.82) is 0 Å². The fourth-order valence-corrected chi connectivity index (χ4v) is 1.71. The normalized spacial score (nSPS) is 14.2. The highest BCUT2D eigenvalue weighted by Crippen LogP contribution is 2.31. The van der Waals surface area contributed by atoms with E-state index in [-0.39, 0.29) is 31.4 Å². The molecule has 1 aliphatic heterocycles. The van der Waals surface area contributed by atoms with E-state index in [0.29, 0.717) is 11.4 Å². The summed E-state index contributed by atoms with van der Waals surface area (Å²) >= 11 is 0. The minimum atomic E-state index is -0.215. The van der Waals surface area contributed by atoms with Crippen molar-refractivity contribution in [3.05, 3.63) is 24.3 Å². The van der Waals surface area contributed by atoms with Gasteiger partial charge in [-0.05, 0) is 12.1 Å². The van der Waals surface area contributed by atoms with Crippen molar-refractivity contribution in [2.45, 2.75) is 0 Å². The van der Waals surface area contributed by atoms with Crippen LogP contribution < -0.4 is 9.64 Å². The number of amides is 1. The number of hydrogen-bond acceptors (Lipinski definition) is 4. The monoisotopic (exact) mass is 235 g/mol. The third-order valence-corrected chi connectivity index (χ3v) is 2.45. The van der Waals surface area contributed by atoms with Crippen molar-refractivity contribution < 1.29 is 19.1 Å². The summed E-state index contributed by atoms with van der Waals surface area (Å²) in [6.07, 6.45) is 0. The Bertz CT molecular complexity index is 444. The molecule has 0 aromatic heterocycles. The number of carbonyl (C=O) groups excluding carboxylic acids is 2. The molecular formula is C12H13NO4. The topological polar surface area (TPSA) is 55.8 Å². The number of ketones is 1. The summed E-state index contributed by atoms with van der Waals surface area (Å²) in [5.41, 5.74) is 0.633. The van der Waals surface area contributed by atoms with Gasteiger partial charge in [0, 0.05) is 7.11 Å². The molecule has 1 aromatic rings. The third-order valence-electron chi connectivity index (χ3n) is 2.45. The first kappa shape index (κ1) is 11.6. The zero-order chi connectivity index (χ0) is 12.3. The lowest BCUT2D eigenvalue weighted by Crippen LogP contribution is -2.42. The number of fused-ring (bicyclic) bond motifs is 1. The molecule has 0 spiro atoms. The van der Waals surface area contributed by atoms with Crippen LogP contribution in [0, 0.1) is 0 Å². The first-order chi connectivity index (χ1) is 8.22. The van der Waals surface area contributed by atoms with Gasteiger partial charge in [0.15, 0.2) is 12.4 Å². The van der Waals surface area contributed by atoms with Gasteiger partial charge < -0.3 is 9.47 Å². The molecule has 5 nitrogen and oxygen atoms in total. The number of anilines is 1. The van der Waals surface area contributed by atoms with Crippen LogP contribution in [-0.2, 0) is 14.3 Å². The molecule has 0 fully saturated rings. The molecule has 0 atom stereocenters. The van der Waals surface area contributed by atoms with Crippen LogP contribution >= 0.6 is 0 Å². The Morgan fingerprint density at radius 3 is 3.00 bits per heavy atom. The van der Waals surface area contributed by atoms with E-state index in [1.54, 1.807) is 18.2 Å². The molecule has 90 valence electrons. The molecule has 5 heteroatoms. The lowest BCUT2D eigenvalue weighted by atomic mass is 10.2. The largest absolute Gasteiger partial charge is 0.482 e. The van der Waals surface area contributed by atoms with Gasteiger partial charge in [0.05, 0.1) is 12.2 Å². The molecule has 1 amide bonds. The van der Waals surface area contributed by atoms with Crippen molar-refractivity contribution in [3.8, 4) is 5.75 Å². The van der Waals surface area contributed by atoms with E-state index in [9.17, 15) is 9.59 Å². The average molecular weight is 235 g/mol. The van der Waals surface area contributed by atoms with Crippen LogP contribution in [0.5, 0.6) is 5.75 Å². The molecule has 0 N–H and O–H groups in total. The van der Waals surface area contributed by atoms with Crippen molar-refractivity contribution in [2.75, 3.05) is 31.8 Å². The van der Waals surface area contributed by atoms with E-state index in [4.69, 9.17) is 9.47 Å². The van der Waals surface area contributed by atoms with Crippen LogP contribution in [0.4, 0.5) is 5.69 Å². The molecule has 2 rings (SSSR count). The van der Waals surface area contributed by atoms with Crippen LogP contribution in [0.3, 0.4) is 0 Å². The summed E-state index contributed by atoms with van der Waals surface area (Å²) in [6, 6.07) is 7.15. The second-order valence-electron chi connectivity index (χ2n) is 3.71. The summed E-state index contributed by atoms with van der Waals surface area (Å²) in [5, 5.41) is 0. The Balaban J connectivity index is 2.21. The van der Waals surface area contributed by atoms with Gasteiger partial charge in [-0.25, -0.2) is 0 Å². The smallest absolute Gasteiger partial charge is 0.265 e. The van der Waals surface area contributed by atoms with E-state index < -0.39 is 0 Å². The molecular weight excluding hydrogens is 222 g/mol. The Morgan fingerprint density at radius 2 is 2.24 bits per heavy atom. The summed E-state index contributed by atoms with van der Waals surface area (Å²) < 4.78 is 10.0. The van der Waals surface area contributed by atoms with Crippen molar-refractivity contribution in [3.63, 3.8) is 0 Å². The Labute approximate surface area is 98.9 Å². The van der Waals surface area contributed by atoms with Gasteiger partial charge in [0.2, 0.25) is 0 Å². The minimum Gasteiger partial charge on any atom is -0.482 e. The van der Waals surface area contributed by atoms with Crippen molar-refractivity contribution in [2.24, 2.45) is 0 Å². The van der Waals surface area contributed by atoms with E-state index in [1.807, 2.05) is 6.07 Å². The minimum absolute atomic E-state index is 0.00675. The third kappa shape index (κ3) is 2.45. The summed E-state index contributed by atoms with van der Waals surface area (Å²) in [6.45, 7) is -0.00285. The second kappa shape index (κ2) is 4.97. The highest BCUT2D eigenvalue weighted by Gasteiger charge is 2.26. The van der Waals surface area contributed by atoms with Crippen LogP contribution in [-0.4, -0.2) is 38.6 Å². The average Bonchev–Trinajstić information content (AvgIpc) is 2.33. The SMILES string of the molecule is COCC(=O)CN1C(=O)COc2ccccc21. The fourth-order valence-electron chi connectivity index (χ4n) is 1.71. The molecule has 17 heavy (non-hydrogen) atoms. The Hall–Kier alpha value is -1.88. The number of Topliss-reactive ketones (excluding diaryl/α,β-unsaturated/α-hetero) is 1. The molecule has 1 heterocycles. The maximum atomic E-state index is 11.7. The highest BCUT2D eigenvalue weighted by molar-refractivity contribution is 6.02. The number of hydrogen-bond donors (Lipinski definition) is 0. The number of nitrogens with zero attached hydrogens (tertiary/aromatic N) is 1. The molecule has 1 aliphatic rings. The van der Waals surface area contributed by atoms with E-state index in [0.717, 1.165) is 0 Å². The zero-order valence-electron chi connectivity index (χ0n) is 9.51. The van der Waals surface area contributed by atoms with Gasteiger partial charge in [-0.15, -0.1) is 0 Å². The van der Waals surface area contributed by atoms with Gasteiger partial charge >= 0.3 is 0 Å². The van der Waals surface area contributed by atoms with E-state index >= 15 is 0 Å². The predicted octanol–water partition coefficient (Wildman–Crippen LogP) is 0.627. The number of para-hydroxylation sites is 2. The van der Waals surface area contributed by atoms with Crippen LogP contribution in [0.1, 0.15) is 0 Å². The van der Waals surface area contributed by atoms with Gasteiger partial charge in [-0.1, -0.05) is 12.1 Å². The quantitative estimate of drug-likeness (QED) is 0.768. The standard InChI is InChI=1S/C12H13NO4/c1-16-7-9(14)6-13-10-4-2-3-5-11(10)17-8-12(13)15/h2-5H,6-8H2,1H3. The van der Waals surface area contributed by atoms with Crippen molar-refractivity contribution in [1.82, 2.24) is 0 Å². The van der Waals surface area contributed by atoms with Gasteiger partial charge in [-0.2, -0.15) is 0 Å². The number of carbonyl (C=O) groups is 2. The number of ether oxygens (including phenoxy) is 2. The molecule has 0 unspecified atom stereocenters. The van der Waals surface area contributed by atoms with E-state index in [2.05, 4.69) is 0 Å². The van der Waals surface area contributed by atoms with E-state index in [1.165, 1.54) is 12.0 Å². The summed E-state index contributed by atoms with van der Waals surface area (Å²) in [7, 11) is 1.45. The maximum absolute atomic E-state index is 11.7. The van der Waals surface area contributed by atoms with Gasteiger partial charge in [0.25, 0.3) is 5.91 Å². The fraction of sp³-hybridized carbons (Fsp3) is 0.333. The molecule has 0 bridgehead atoms. The molecule has 0 saturated carbocycles. The molecule has 0 saturated heterocycles. The number of benzene rings is 1. The Morgan fingerprint density at radius 1 is 1.47 bits per heavy atom. The lowest BCUT2D eigenvalue weighted by Gasteiger charge is -2.28. The van der Waals surface area contributed by atoms with Crippen molar-refractivity contribution >= 4 is 17.4 Å². The van der Waals surface area contributed by atoms with Gasteiger partial charge in [-0.3, -0.25) is 14.5 Å². The van der Waals surface area contributed by atoms with Crippen LogP contribution in [0.25, 0.3) is 0 Å². The molecule has 0 radical (unpaired) electrons. The maximum Gasteiger partial charge on any atom is 0.265 e. The predicted molar refractivity (Wildman–Crippen MR) is 61.2 cm³/mol. The second-order valence-corrected chi connectivity index (χ2v) is 3.71. The van der Waals surface area contributed by atoms with Crippen LogP contribution in [0.15, 0.2) is 24.3 Å². The van der Waals surface area contributed by atoms with Gasteiger partial charge in [0.1, 0.15) is 12.4 Å². The van der Waals surface area contributed by atoms with Crippen LogP contribution in [0.2, 0.25) is 0 Å². The lowest BCUT2D eigenvalue weighted by molar-refractivity contribution is -0.126. The summed E-state index contributed by atoms with van der Waals surface area (Å²) in [5.74, 6) is 0.267. The highest BCUT2D eigenvalue weighted by atomic mass is 16.5. The molecule has 0 aliphatic carbocycles. The first-order valence-corrected chi connectivity index (χ1v) is 5.25.